The van der Waals surface area contributed by atoms with Crippen molar-refractivity contribution in [2.75, 3.05) is 18.5 Å². The first-order valence-electron chi connectivity index (χ1n) is 12.0. The van der Waals surface area contributed by atoms with Crippen molar-refractivity contribution >= 4 is 35.9 Å². The van der Waals surface area contributed by atoms with Crippen molar-refractivity contribution < 1.29 is 0 Å². The maximum absolute atomic E-state index is 2.31. The molecule has 164 valence electrons. The van der Waals surface area contributed by atoms with Crippen LogP contribution in [0.1, 0.15) is 20.8 Å². The van der Waals surface area contributed by atoms with Crippen LogP contribution in [0.5, 0.6) is 0 Å². The molecule has 0 fully saturated rings. The Morgan fingerprint density at radius 1 is 0.406 bits per heavy atom. The zero-order valence-electron chi connectivity index (χ0n) is 19.7. The summed E-state index contributed by atoms with van der Waals surface area (Å²) in [6, 6.07) is 43.5. The van der Waals surface area contributed by atoms with E-state index in [4.69, 9.17) is 0 Å². The first kappa shape index (κ1) is 24.0. The standard InChI is InChI=1S/C24H20B.C6H15P/c1-5-13-21(14-6-1)25(22-15-7-2-8-16-22,23-17-9-3-10-18-23)24-19-11-4-12-20-24;1-4-7(5-2)6-3/h1-20H;4-6H2,1-3H3/q-1;/p+1. The fraction of sp³-hybridized carbons (Fsp3) is 0.200. The highest BCUT2D eigenvalue weighted by atomic mass is 31.1. The molecule has 4 aromatic carbocycles. The van der Waals surface area contributed by atoms with Crippen molar-refractivity contribution in [3.63, 3.8) is 0 Å². The van der Waals surface area contributed by atoms with Crippen LogP contribution in [0.15, 0.2) is 121 Å². The van der Waals surface area contributed by atoms with E-state index in [1.165, 1.54) is 40.3 Å². The second kappa shape index (κ2) is 12.4. The zero-order chi connectivity index (χ0) is 22.7. The summed E-state index contributed by atoms with van der Waals surface area (Å²) >= 11 is 0. The van der Waals surface area contributed by atoms with E-state index in [9.17, 15) is 0 Å². The van der Waals surface area contributed by atoms with Crippen LogP contribution in [0.3, 0.4) is 0 Å². The molecule has 0 bridgehead atoms. The molecule has 0 aliphatic rings. The molecular formula is C30H36BP. The summed E-state index contributed by atoms with van der Waals surface area (Å²) in [4.78, 5) is 0. The maximum Gasteiger partial charge on any atom is 0.108 e. The van der Waals surface area contributed by atoms with Gasteiger partial charge in [0.15, 0.2) is 0 Å². The molecule has 4 aromatic rings. The van der Waals surface area contributed by atoms with Crippen molar-refractivity contribution in [3.8, 4) is 0 Å². The van der Waals surface area contributed by atoms with Gasteiger partial charge < -0.3 is 0 Å². The summed E-state index contributed by atoms with van der Waals surface area (Å²) in [6.07, 6.45) is 3.15. The maximum atomic E-state index is 2.31. The molecule has 2 heteroatoms. The fourth-order valence-corrected chi connectivity index (χ4v) is 6.37. The van der Waals surface area contributed by atoms with Crippen LogP contribution in [0.25, 0.3) is 0 Å². The Morgan fingerprint density at radius 3 is 0.781 bits per heavy atom. The van der Waals surface area contributed by atoms with E-state index >= 15 is 0 Å². The van der Waals surface area contributed by atoms with Crippen LogP contribution in [0.4, 0.5) is 0 Å². The van der Waals surface area contributed by atoms with Gasteiger partial charge in [-0.3, -0.25) is 0 Å². The van der Waals surface area contributed by atoms with E-state index in [0.29, 0.717) is 0 Å². The lowest BCUT2D eigenvalue weighted by atomic mass is 9.13. The van der Waals surface area contributed by atoms with Gasteiger partial charge in [0.2, 0.25) is 0 Å². The first-order valence-corrected chi connectivity index (χ1v) is 14.1. The predicted molar refractivity (Wildman–Crippen MR) is 150 cm³/mol. The van der Waals surface area contributed by atoms with E-state index in [1.54, 1.807) is 0 Å². The van der Waals surface area contributed by atoms with E-state index in [0.717, 1.165) is 0 Å². The molecule has 0 aromatic heterocycles. The van der Waals surface area contributed by atoms with Crippen molar-refractivity contribution in [2.24, 2.45) is 0 Å². The fourth-order valence-electron chi connectivity index (χ4n) is 4.87. The van der Waals surface area contributed by atoms with Crippen molar-refractivity contribution in [1.82, 2.24) is 0 Å². The van der Waals surface area contributed by atoms with E-state index in [1.807, 2.05) is 0 Å². The monoisotopic (exact) mass is 438 g/mol. The van der Waals surface area contributed by atoms with Gasteiger partial charge in [-0.25, -0.2) is 0 Å². The Labute approximate surface area is 196 Å². The average Bonchev–Trinajstić information content (AvgIpc) is 2.89. The second-order valence-corrected chi connectivity index (χ2v) is 11.9. The van der Waals surface area contributed by atoms with Gasteiger partial charge in [-0.1, -0.05) is 121 Å². The van der Waals surface area contributed by atoms with Crippen LogP contribution in [0, 0.1) is 0 Å². The minimum Gasteiger partial charge on any atom is -0.195 e. The molecule has 0 saturated heterocycles. The molecule has 0 radical (unpaired) electrons. The lowest BCUT2D eigenvalue weighted by molar-refractivity contribution is 1.35. The molecular weight excluding hydrogens is 402 g/mol. The van der Waals surface area contributed by atoms with Gasteiger partial charge in [0.25, 0.3) is 0 Å². The number of hydrogen-bond acceptors (Lipinski definition) is 0. The zero-order valence-corrected chi connectivity index (χ0v) is 20.7. The summed E-state index contributed by atoms with van der Waals surface area (Å²) < 4.78 is 0. The highest BCUT2D eigenvalue weighted by molar-refractivity contribution is 7.57. The minimum absolute atomic E-state index is 0.137. The molecule has 0 aliphatic carbocycles. The van der Waals surface area contributed by atoms with Crippen LogP contribution in [0.2, 0.25) is 0 Å². The van der Waals surface area contributed by atoms with Gasteiger partial charge in [-0.15, -0.1) is 0 Å². The summed E-state index contributed by atoms with van der Waals surface area (Å²) in [5.74, 6) is 0. The normalized spacial score (nSPS) is 11.0. The third kappa shape index (κ3) is 5.40. The predicted octanol–water partition coefficient (Wildman–Crippen LogP) is 5.32. The second-order valence-electron chi connectivity index (χ2n) is 8.32. The Kier molecular flexibility index (Phi) is 9.33. The summed E-state index contributed by atoms with van der Waals surface area (Å²) in [6.45, 7) is 6.92. The largest absolute Gasteiger partial charge is 0.195 e. The van der Waals surface area contributed by atoms with Crippen LogP contribution in [-0.2, 0) is 0 Å². The smallest absolute Gasteiger partial charge is 0.108 e. The van der Waals surface area contributed by atoms with E-state index < -0.39 is 6.15 Å². The number of hydrogen-bond donors (Lipinski definition) is 0. The van der Waals surface area contributed by atoms with E-state index in [2.05, 4.69) is 142 Å². The average molecular weight is 438 g/mol. The van der Waals surface area contributed by atoms with Crippen LogP contribution in [-0.4, -0.2) is 24.6 Å². The van der Waals surface area contributed by atoms with Gasteiger partial charge in [0.05, 0.1) is 18.5 Å². The Hall–Kier alpha value is -2.63. The molecule has 0 atom stereocenters. The Balaban J connectivity index is 0.000000360. The minimum atomic E-state index is -1.22. The lowest BCUT2D eigenvalue weighted by Gasteiger charge is -2.44. The van der Waals surface area contributed by atoms with Gasteiger partial charge in [-0.2, -0.15) is 21.9 Å². The van der Waals surface area contributed by atoms with Crippen molar-refractivity contribution in [1.29, 1.82) is 0 Å². The molecule has 4 rings (SSSR count). The summed E-state index contributed by atoms with van der Waals surface area (Å²) in [7, 11) is 0.137. The van der Waals surface area contributed by atoms with Crippen molar-refractivity contribution in [2.45, 2.75) is 20.8 Å². The lowest BCUT2D eigenvalue weighted by Crippen LogP contribution is -2.74. The molecule has 0 spiro atoms. The number of benzene rings is 4. The van der Waals surface area contributed by atoms with Gasteiger partial charge in [-0.05, 0) is 28.7 Å². The van der Waals surface area contributed by atoms with Crippen molar-refractivity contribution in [3.05, 3.63) is 121 Å². The van der Waals surface area contributed by atoms with Crippen LogP contribution < -0.4 is 21.9 Å². The van der Waals surface area contributed by atoms with Gasteiger partial charge in [0.1, 0.15) is 6.15 Å². The quantitative estimate of drug-likeness (QED) is 0.271. The Bertz CT molecular complexity index is 844. The Morgan fingerprint density at radius 2 is 0.625 bits per heavy atom. The first-order chi connectivity index (χ1) is 15.8. The molecule has 0 amide bonds. The molecule has 32 heavy (non-hydrogen) atoms. The van der Waals surface area contributed by atoms with E-state index in [-0.39, 0.29) is 7.92 Å². The third-order valence-electron chi connectivity index (χ3n) is 6.70. The topological polar surface area (TPSA) is 0 Å². The SMILES string of the molecule is CC[PH+](CC)CC.c1ccc([B-](c2ccccc2)(c2ccccc2)c2ccccc2)cc1. The van der Waals surface area contributed by atoms with Gasteiger partial charge >= 0.3 is 0 Å². The highest BCUT2D eigenvalue weighted by Gasteiger charge is 2.30. The molecule has 0 aliphatic heterocycles. The third-order valence-corrected chi connectivity index (χ3v) is 9.70. The molecule has 0 saturated carbocycles. The molecule has 0 nitrogen and oxygen atoms in total. The summed E-state index contributed by atoms with van der Waals surface area (Å²) in [5, 5.41) is 0. The molecule has 0 heterocycles. The van der Waals surface area contributed by atoms with Crippen LogP contribution >= 0.6 is 7.92 Å². The van der Waals surface area contributed by atoms with Gasteiger partial charge in [0, 0.05) is 0 Å². The number of rotatable bonds is 7. The summed E-state index contributed by atoms with van der Waals surface area (Å²) in [5.41, 5.74) is 5.36. The molecule has 0 unspecified atom stereocenters. The highest BCUT2D eigenvalue weighted by Crippen LogP contribution is 2.32. The molecule has 0 N–H and O–H groups in total.